The highest BCUT2D eigenvalue weighted by Gasteiger charge is 2.38. The maximum atomic E-state index is 13.4. The van der Waals surface area contributed by atoms with Crippen molar-refractivity contribution in [1.29, 1.82) is 0 Å². The molecule has 2 fully saturated rings. The summed E-state index contributed by atoms with van der Waals surface area (Å²) < 4.78 is 40.1. The molecule has 1 amide bonds. The Bertz CT molecular complexity index is 911. The number of alkyl halides is 3. The van der Waals surface area contributed by atoms with Crippen LogP contribution in [-0.2, 0) is 6.18 Å². The summed E-state index contributed by atoms with van der Waals surface area (Å²) in [5.41, 5.74) is 0.294. The number of carbonyl (C=O) groups is 1. The van der Waals surface area contributed by atoms with Crippen LogP contribution in [0.3, 0.4) is 0 Å². The molecule has 6 heteroatoms. The van der Waals surface area contributed by atoms with E-state index in [0.717, 1.165) is 37.4 Å². The molecule has 3 nitrogen and oxygen atoms in total. The minimum Gasteiger partial charge on any atom is -0.344 e. The molecule has 31 heavy (non-hydrogen) atoms. The molecule has 0 radical (unpaired) electrons. The second kappa shape index (κ2) is 9.03. The van der Waals surface area contributed by atoms with Crippen LogP contribution in [0.5, 0.6) is 0 Å². The van der Waals surface area contributed by atoms with Crippen molar-refractivity contribution in [2.45, 2.75) is 69.8 Å². The molecule has 3 unspecified atom stereocenters. The first-order chi connectivity index (χ1) is 14.9. The van der Waals surface area contributed by atoms with Crippen LogP contribution >= 0.6 is 0 Å². The Morgan fingerprint density at radius 2 is 1.74 bits per heavy atom. The number of carbonyl (C=O) groups excluding carboxylic acids is 1. The molecule has 0 aliphatic carbocycles. The van der Waals surface area contributed by atoms with E-state index in [2.05, 4.69) is 10.2 Å². The topological polar surface area (TPSA) is 32.3 Å². The van der Waals surface area contributed by atoms with Crippen molar-refractivity contribution in [3.63, 3.8) is 0 Å². The minimum absolute atomic E-state index is 0.0289. The number of fused-ring (bicyclic) bond motifs is 1. The van der Waals surface area contributed by atoms with Gasteiger partial charge < -0.3 is 5.32 Å². The molecule has 1 N–H and O–H groups in total. The summed E-state index contributed by atoms with van der Waals surface area (Å²) in [6.07, 6.45) is 2.33. The number of halogens is 3. The molecule has 0 spiro atoms. The van der Waals surface area contributed by atoms with Gasteiger partial charge in [0.15, 0.2) is 0 Å². The van der Waals surface area contributed by atoms with E-state index in [4.69, 9.17) is 0 Å². The number of hydrogen-bond acceptors (Lipinski definition) is 2. The summed E-state index contributed by atoms with van der Waals surface area (Å²) in [5, 5.41) is 3.12. The highest BCUT2D eigenvalue weighted by atomic mass is 19.4. The molecule has 0 saturated carbocycles. The molecule has 0 aromatic heterocycles. The van der Waals surface area contributed by atoms with Crippen LogP contribution in [0.4, 0.5) is 13.2 Å². The Hall–Kier alpha value is -2.34. The van der Waals surface area contributed by atoms with E-state index in [0.29, 0.717) is 6.04 Å². The number of benzene rings is 2. The third-order valence-corrected chi connectivity index (χ3v) is 6.85. The van der Waals surface area contributed by atoms with E-state index in [1.807, 2.05) is 30.3 Å². The summed E-state index contributed by atoms with van der Waals surface area (Å²) in [6, 6.07) is 14.1. The van der Waals surface area contributed by atoms with E-state index in [-0.39, 0.29) is 23.2 Å². The normalized spacial score (nSPS) is 23.1. The van der Waals surface area contributed by atoms with Gasteiger partial charge in [-0.05, 0) is 62.4 Å². The lowest BCUT2D eigenvalue weighted by Gasteiger charge is -2.48. The zero-order chi connectivity index (χ0) is 22.0. The Labute approximate surface area is 181 Å². The number of nitrogens with zero attached hydrogens (tertiary/aromatic N) is 1. The predicted octanol–water partition coefficient (Wildman–Crippen LogP) is 5.89. The van der Waals surface area contributed by atoms with Crippen LogP contribution in [0.2, 0.25) is 0 Å². The van der Waals surface area contributed by atoms with Crippen LogP contribution in [0, 0.1) is 6.92 Å². The standard InChI is InChI=1S/C25H29F3N2O/c1-17-20(13-8-14-21(17)25(26,27)28)24(31)29-23(18-9-3-2-4-10-18)22-15-7-12-19-11-5-6-16-30(19)22/h2-4,8-10,13-14,19,22-23H,5-7,11-12,15-16H2,1H3,(H,29,31). The van der Waals surface area contributed by atoms with Crippen molar-refractivity contribution < 1.29 is 18.0 Å². The lowest BCUT2D eigenvalue weighted by atomic mass is 9.84. The van der Waals surface area contributed by atoms with Crippen molar-refractivity contribution in [3.05, 3.63) is 70.8 Å². The number of nitrogens with one attached hydrogen (secondary N) is 1. The SMILES string of the molecule is Cc1c(C(=O)NC(c2ccccc2)C2CCCC3CCCCN32)cccc1C(F)(F)F. The molecule has 166 valence electrons. The average molecular weight is 431 g/mol. The van der Waals surface area contributed by atoms with E-state index in [1.54, 1.807) is 0 Å². The molecular weight excluding hydrogens is 401 g/mol. The van der Waals surface area contributed by atoms with Gasteiger partial charge in [0.05, 0.1) is 11.6 Å². The molecule has 4 rings (SSSR count). The van der Waals surface area contributed by atoms with E-state index in [9.17, 15) is 18.0 Å². The molecule has 2 heterocycles. The number of rotatable bonds is 4. The highest BCUT2D eigenvalue weighted by molar-refractivity contribution is 5.96. The highest BCUT2D eigenvalue weighted by Crippen LogP contribution is 2.37. The Kier molecular flexibility index (Phi) is 6.37. The minimum atomic E-state index is -4.48. The maximum absolute atomic E-state index is 13.4. The van der Waals surface area contributed by atoms with Crippen molar-refractivity contribution in [3.8, 4) is 0 Å². The zero-order valence-electron chi connectivity index (χ0n) is 17.8. The van der Waals surface area contributed by atoms with Crippen molar-refractivity contribution in [2.75, 3.05) is 6.54 Å². The second-order valence-corrected chi connectivity index (χ2v) is 8.72. The molecule has 2 aliphatic heterocycles. The van der Waals surface area contributed by atoms with Gasteiger partial charge in [0.25, 0.3) is 5.91 Å². The van der Waals surface area contributed by atoms with Crippen LogP contribution in [-0.4, -0.2) is 29.4 Å². The lowest BCUT2D eigenvalue weighted by Crippen LogP contribution is -2.54. The lowest BCUT2D eigenvalue weighted by molar-refractivity contribution is -0.138. The van der Waals surface area contributed by atoms with Gasteiger partial charge in [-0.15, -0.1) is 0 Å². The van der Waals surface area contributed by atoms with Crippen LogP contribution in [0.1, 0.15) is 71.6 Å². The van der Waals surface area contributed by atoms with Crippen LogP contribution in [0.25, 0.3) is 0 Å². The van der Waals surface area contributed by atoms with Gasteiger partial charge in [0.1, 0.15) is 0 Å². The first-order valence-corrected chi connectivity index (χ1v) is 11.1. The maximum Gasteiger partial charge on any atom is 0.416 e. The first kappa shape index (κ1) is 21.9. The molecule has 0 bridgehead atoms. The fourth-order valence-electron chi connectivity index (χ4n) is 5.33. The van der Waals surface area contributed by atoms with Crippen LogP contribution < -0.4 is 5.32 Å². The first-order valence-electron chi connectivity index (χ1n) is 11.1. The smallest absolute Gasteiger partial charge is 0.344 e. The molecule has 2 aliphatic rings. The molecule has 3 atom stereocenters. The van der Waals surface area contributed by atoms with Gasteiger partial charge in [-0.2, -0.15) is 13.2 Å². The quantitative estimate of drug-likeness (QED) is 0.656. The van der Waals surface area contributed by atoms with Gasteiger partial charge in [-0.3, -0.25) is 9.69 Å². The average Bonchev–Trinajstić information content (AvgIpc) is 2.77. The molecule has 2 saturated heterocycles. The molecule has 2 aromatic rings. The molecular formula is C25H29F3N2O. The summed E-state index contributed by atoms with van der Waals surface area (Å²) >= 11 is 0. The van der Waals surface area contributed by atoms with Crippen molar-refractivity contribution >= 4 is 5.91 Å². The predicted molar refractivity (Wildman–Crippen MR) is 115 cm³/mol. The van der Waals surface area contributed by atoms with Gasteiger partial charge in [0, 0.05) is 17.6 Å². The summed E-state index contributed by atoms with van der Waals surface area (Å²) in [6.45, 7) is 2.38. The Balaban J connectivity index is 1.65. The number of piperidine rings is 2. The summed E-state index contributed by atoms with van der Waals surface area (Å²) in [7, 11) is 0. The van der Waals surface area contributed by atoms with Gasteiger partial charge in [-0.25, -0.2) is 0 Å². The summed E-state index contributed by atoms with van der Waals surface area (Å²) in [4.78, 5) is 15.8. The molecule has 2 aromatic carbocycles. The fraction of sp³-hybridized carbons (Fsp3) is 0.480. The van der Waals surface area contributed by atoms with Gasteiger partial charge in [-0.1, -0.05) is 49.2 Å². The number of hydrogen-bond donors (Lipinski definition) is 1. The third kappa shape index (κ3) is 4.64. The van der Waals surface area contributed by atoms with Crippen LogP contribution in [0.15, 0.2) is 48.5 Å². The van der Waals surface area contributed by atoms with E-state index < -0.39 is 17.6 Å². The Morgan fingerprint density at radius 3 is 2.48 bits per heavy atom. The Morgan fingerprint density at radius 1 is 1.00 bits per heavy atom. The van der Waals surface area contributed by atoms with E-state index >= 15 is 0 Å². The van der Waals surface area contributed by atoms with Crippen molar-refractivity contribution in [1.82, 2.24) is 10.2 Å². The fourth-order valence-corrected chi connectivity index (χ4v) is 5.33. The zero-order valence-corrected chi connectivity index (χ0v) is 17.8. The van der Waals surface area contributed by atoms with Gasteiger partial charge >= 0.3 is 6.18 Å². The van der Waals surface area contributed by atoms with Crippen molar-refractivity contribution in [2.24, 2.45) is 0 Å². The summed E-state index contributed by atoms with van der Waals surface area (Å²) in [5.74, 6) is -0.448. The number of amides is 1. The van der Waals surface area contributed by atoms with Gasteiger partial charge in [0.2, 0.25) is 0 Å². The monoisotopic (exact) mass is 430 g/mol. The second-order valence-electron chi connectivity index (χ2n) is 8.72. The van der Waals surface area contributed by atoms with E-state index in [1.165, 1.54) is 38.3 Å². The third-order valence-electron chi connectivity index (χ3n) is 6.85. The largest absolute Gasteiger partial charge is 0.416 e.